The minimum absolute atomic E-state index is 0.327. The van der Waals surface area contributed by atoms with E-state index in [4.69, 9.17) is 32.7 Å². The van der Waals surface area contributed by atoms with E-state index in [1.165, 1.54) is 7.11 Å². The van der Waals surface area contributed by atoms with Gasteiger partial charge in [-0.1, -0.05) is 23.2 Å². The summed E-state index contributed by atoms with van der Waals surface area (Å²) in [5, 5.41) is 3.47. The molecule has 22 heavy (non-hydrogen) atoms. The molecule has 0 fully saturated rings. The van der Waals surface area contributed by atoms with E-state index in [1.807, 2.05) is 0 Å². The smallest absolute Gasteiger partial charge is 0.266 e. The SMILES string of the molecule is COc1cccnc1NC(=O)C(C)Oc1ccc(Cl)cc1Cl. The molecule has 5 nitrogen and oxygen atoms in total. The average molecular weight is 341 g/mol. The zero-order chi connectivity index (χ0) is 16.1. The number of nitrogens with zero attached hydrogens (tertiary/aromatic N) is 1. The standard InChI is InChI=1S/C15H14Cl2N2O3/c1-9(22-12-6-5-10(16)8-11(12)17)15(20)19-14-13(21-2)4-3-7-18-14/h3-9H,1-2H3,(H,18,19,20). The number of carbonyl (C=O) groups is 1. The van der Waals surface area contributed by atoms with Gasteiger partial charge in [0.15, 0.2) is 17.7 Å². The van der Waals surface area contributed by atoms with Crippen LogP contribution in [0.25, 0.3) is 0 Å². The van der Waals surface area contributed by atoms with Crippen molar-refractivity contribution in [3.05, 3.63) is 46.6 Å². The normalized spacial score (nSPS) is 11.6. The summed E-state index contributed by atoms with van der Waals surface area (Å²) in [5.74, 6) is 0.796. The van der Waals surface area contributed by atoms with Gasteiger partial charge in [-0.2, -0.15) is 0 Å². The molecule has 2 rings (SSSR count). The maximum atomic E-state index is 12.2. The molecule has 1 aromatic heterocycles. The van der Waals surface area contributed by atoms with Crippen LogP contribution in [-0.4, -0.2) is 24.1 Å². The van der Waals surface area contributed by atoms with Crippen LogP contribution in [0.2, 0.25) is 10.0 Å². The maximum absolute atomic E-state index is 12.2. The number of nitrogens with one attached hydrogen (secondary N) is 1. The summed E-state index contributed by atoms with van der Waals surface area (Å²) < 4.78 is 10.7. The van der Waals surface area contributed by atoms with Gasteiger partial charge in [0.25, 0.3) is 5.91 Å². The Labute approximate surface area is 138 Å². The first-order valence-electron chi connectivity index (χ1n) is 6.43. The third kappa shape index (κ3) is 4.02. The van der Waals surface area contributed by atoms with Gasteiger partial charge in [0.05, 0.1) is 12.1 Å². The largest absolute Gasteiger partial charge is 0.493 e. The Hall–Kier alpha value is -1.98. The van der Waals surface area contributed by atoms with Crippen LogP contribution in [0, 0.1) is 0 Å². The highest BCUT2D eigenvalue weighted by atomic mass is 35.5. The number of anilines is 1. The van der Waals surface area contributed by atoms with Crippen molar-refractivity contribution in [1.29, 1.82) is 0 Å². The molecule has 1 unspecified atom stereocenters. The molecule has 1 aromatic carbocycles. The van der Waals surface area contributed by atoms with Crippen LogP contribution in [0.3, 0.4) is 0 Å². The molecule has 0 saturated heterocycles. The van der Waals surface area contributed by atoms with Crippen LogP contribution in [0.15, 0.2) is 36.5 Å². The lowest BCUT2D eigenvalue weighted by atomic mass is 10.3. The molecular formula is C15H14Cl2N2O3. The highest BCUT2D eigenvalue weighted by molar-refractivity contribution is 6.35. The van der Waals surface area contributed by atoms with E-state index in [2.05, 4.69) is 10.3 Å². The van der Waals surface area contributed by atoms with Crippen molar-refractivity contribution in [3.8, 4) is 11.5 Å². The van der Waals surface area contributed by atoms with E-state index >= 15 is 0 Å². The number of benzene rings is 1. The minimum atomic E-state index is -0.773. The van der Waals surface area contributed by atoms with Crippen molar-refractivity contribution in [2.24, 2.45) is 0 Å². The lowest BCUT2D eigenvalue weighted by molar-refractivity contribution is -0.122. The molecule has 0 aliphatic carbocycles. The summed E-state index contributed by atoms with van der Waals surface area (Å²) in [6, 6.07) is 8.20. The second-order valence-corrected chi connectivity index (χ2v) is 5.22. The topological polar surface area (TPSA) is 60.5 Å². The molecule has 0 aliphatic rings. The van der Waals surface area contributed by atoms with E-state index in [0.717, 1.165) is 0 Å². The number of pyridine rings is 1. The third-order valence-corrected chi connectivity index (χ3v) is 3.33. The van der Waals surface area contributed by atoms with Crippen LogP contribution in [0.5, 0.6) is 11.5 Å². The van der Waals surface area contributed by atoms with Crippen molar-refractivity contribution in [1.82, 2.24) is 4.98 Å². The van der Waals surface area contributed by atoms with Gasteiger partial charge in [-0.05, 0) is 37.3 Å². The number of halogens is 2. The van der Waals surface area contributed by atoms with E-state index in [0.29, 0.717) is 27.4 Å². The van der Waals surface area contributed by atoms with E-state index < -0.39 is 6.10 Å². The number of aromatic nitrogens is 1. The number of hydrogen-bond acceptors (Lipinski definition) is 4. The Bertz CT molecular complexity index is 680. The highest BCUT2D eigenvalue weighted by Gasteiger charge is 2.18. The summed E-state index contributed by atoms with van der Waals surface area (Å²) in [6.45, 7) is 1.61. The Balaban J connectivity index is 2.06. The number of hydrogen-bond donors (Lipinski definition) is 1. The Morgan fingerprint density at radius 3 is 2.73 bits per heavy atom. The van der Waals surface area contributed by atoms with E-state index in [1.54, 1.807) is 43.5 Å². The van der Waals surface area contributed by atoms with Gasteiger partial charge < -0.3 is 14.8 Å². The predicted octanol–water partition coefficient (Wildman–Crippen LogP) is 3.80. The minimum Gasteiger partial charge on any atom is -0.493 e. The number of ether oxygens (including phenoxy) is 2. The fraction of sp³-hybridized carbons (Fsp3) is 0.200. The van der Waals surface area contributed by atoms with Crippen LogP contribution >= 0.6 is 23.2 Å². The van der Waals surface area contributed by atoms with Crippen LogP contribution in [0.4, 0.5) is 5.82 Å². The molecule has 1 heterocycles. The predicted molar refractivity (Wildman–Crippen MR) is 86.0 cm³/mol. The molecular weight excluding hydrogens is 327 g/mol. The summed E-state index contributed by atoms with van der Waals surface area (Å²) in [4.78, 5) is 16.2. The van der Waals surface area contributed by atoms with Crippen molar-refractivity contribution in [2.75, 3.05) is 12.4 Å². The molecule has 0 aliphatic heterocycles. The first-order chi connectivity index (χ1) is 10.5. The van der Waals surface area contributed by atoms with Crippen LogP contribution < -0.4 is 14.8 Å². The lowest BCUT2D eigenvalue weighted by Crippen LogP contribution is -2.30. The fourth-order valence-corrected chi connectivity index (χ4v) is 2.14. The Kier molecular flexibility index (Phi) is 5.46. The average Bonchev–Trinajstić information content (AvgIpc) is 2.50. The summed E-state index contributed by atoms with van der Waals surface area (Å²) in [7, 11) is 1.50. The first kappa shape index (κ1) is 16.4. The Morgan fingerprint density at radius 2 is 2.05 bits per heavy atom. The van der Waals surface area contributed by atoms with Gasteiger partial charge in [-0.3, -0.25) is 4.79 Å². The fourth-order valence-electron chi connectivity index (χ4n) is 1.68. The van der Waals surface area contributed by atoms with Gasteiger partial charge in [-0.25, -0.2) is 4.98 Å². The summed E-state index contributed by atoms with van der Waals surface area (Å²) >= 11 is 11.8. The van der Waals surface area contributed by atoms with Crippen molar-refractivity contribution in [3.63, 3.8) is 0 Å². The molecule has 1 atom stereocenters. The highest BCUT2D eigenvalue weighted by Crippen LogP contribution is 2.28. The zero-order valence-electron chi connectivity index (χ0n) is 12.0. The van der Waals surface area contributed by atoms with Gasteiger partial charge in [0, 0.05) is 11.2 Å². The number of amides is 1. The van der Waals surface area contributed by atoms with E-state index in [-0.39, 0.29) is 5.91 Å². The lowest BCUT2D eigenvalue weighted by Gasteiger charge is -2.16. The molecule has 116 valence electrons. The second-order valence-electron chi connectivity index (χ2n) is 4.38. The molecule has 0 radical (unpaired) electrons. The maximum Gasteiger partial charge on any atom is 0.266 e. The molecule has 1 N–H and O–H groups in total. The van der Waals surface area contributed by atoms with E-state index in [9.17, 15) is 4.79 Å². The van der Waals surface area contributed by atoms with Gasteiger partial charge in [-0.15, -0.1) is 0 Å². The quantitative estimate of drug-likeness (QED) is 0.899. The monoisotopic (exact) mass is 340 g/mol. The summed E-state index contributed by atoms with van der Waals surface area (Å²) in [5.41, 5.74) is 0. The van der Waals surface area contributed by atoms with Crippen molar-refractivity contribution in [2.45, 2.75) is 13.0 Å². The summed E-state index contributed by atoms with van der Waals surface area (Å²) in [6.07, 6.45) is 0.782. The third-order valence-electron chi connectivity index (χ3n) is 2.80. The van der Waals surface area contributed by atoms with Gasteiger partial charge in [0.1, 0.15) is 5.75 Å². The van der Waals surface area contributed by atoms with Gasteiger partial charge >= 0.3 is 0 Å². The van der Waals surface area contributed by atoms with Crippen molar-refractivity contribution < 1.29 is 14.3 Å². The van der Waals surface area contributed by atoms with Crippen LogP contribution in [0.1, 0.15) is 6.92 Å². The molecule has 0 spiro atoms. The number of carbonyl (C=O) groups excluding carboxylic acids is 1. The second kappa shape index (κ2) is 7.33. The molecule has 0 bridgehead atoms. The first-order valence-corrected chi connectivity index (χ1v) is 7.18. The zero-order valence-corrected chi connectivity index (χ0v) is 13.5. The molecule has 7 heteroatoms. The van der Waals surface area contributed by atoms with Crippen molar-refractivity contribution >= 4 is 34.9 Å². The van der Waals surface area contributed by atoms with Crippen LogP contribution in [-0.2, 0) is 4.79 Å². The number of rotatable bonds is 5. The Morgan fingerprint density at radius 1 is 1.27 bits per heavy atom. The number of methoxy groups -OCH3 is 1. The molecule has 2 aromatic rings. The molecule has 0 saturated carbocycles. The van der Waals surface area contributed by atoms with Gasteiger partial charge in [0.2, 0.25) is 0 Å². The molecule has 1 amide bonds.